The lowest BCUT2D eigenvalue weighted by molar-refractivity contribution is 0.0267. The summed E-state index contributed by atoms with van der Waals surface area (Å²) >= 11 is 0. The second kappa shape index (κ2) is 6.04. The Morgan fingerprint density at radius 2 is 2.05 bits per heavy atom. The number of carbonyl (C=O) groups excluding carboxylic acids is 1. The van der Waals surface area contributed by atoms with Crippen LogP contribution in [-0.4, -0.2) is 45.8 Å². The number of nitrogens with one attached hydrogen (secondary N) is 1. The highest BCUT2D eigenvalue weighted by Crippen LogP contribution is 2.29. The predicted octanol–water partition coefficient (Wildman–Crippen LogP) is 1.18. The fourth-order valence-electron chi connectivity index (χ4n) is 2.15. The molecule has 0 amide bonds. The Kier molecular flexibility index (Phi) is 4.39. The van der Waals surface area contributed by atoms with Crippen LogP contribution in [-0.2, 0) is 4.74 Å². The Hall–Kier alpha value is -1.59. The van der Waals surface area contributed by atoms with Gasteiger partial charge in [0.2, 0.25) is 0 Å². The van der Waals surface area contributed by atoms with Gasteiger partial charge in [0.25, 0.3) is 0 Å². The van der Waals surface area contributed by atoms with E-state index < -0.39 is 6.10 Å². The van der Waals surface area contributed by atoms with Crippen LogP contribution in [0.4, 0.5) is 0 Å². The maximum absolute atomic E-state index is 12.5. The lowest BCUT2D eigenvalue weighted by atomic mass is 10.0. The average molecular weight is 265 g/mol. The fraction of sp³-hybridized carbons (Fsp3) is 0.500. The number of ketones is 1. The number of aryl methyl sites for hydroxylation is 1. The van der Waals surface area contributed by atoms with E-state index in [9.17, 15) is 4.79 Å². The molecule has 1 N–H and O–H groups in total. The molecular weight excluding hydrogens is 246 g/mol. The Labute approximate surface area is 112 Å². The predicted molar refractivity (Wildman–Crippen MR) is 71.2 cm³/mol. The van der Waals surface area contributed by atoms with Gasteiger partial charge in [-0.25, -0.2) is 0 Å². The Morgan fingerprint density at radius 1 is 1.32 bits per heavy atom. The van der Waals surface area contributed by atoms with Crippen molar-refractivity contribution in [3.05, 3.63) is 23.3 Å². The summed E-state index contributed by atoms with van der Waals surface area (Å²) in [5, 5.41) is 3.15. The highest BCUT2D eigenvalue weighted by molar-refractivity contribution is 6.02. The van der Waals surface area contributed by atoms with Gasteiger partial charge in [0, 0.05) is 13.1 Å². The van der Waals surface area contributed by atoms with Crippen molar-refractivity contribution in [2.24, 2.45) is 0 Å². The van der Waals surface area contributed by atoms with Gasteiger partial charge in [-0.3, -0.25) is 4.79 Å². The number of hydrogen-bond donors (Lipinski definition) is 1. The quantitative estimate of drug-likeness (QED) is 0.829. The largest absolute Gasteiger partial charge is 0.496 e. The summed E-state index contributed by atoms with van der Waals surface area (Å²) in [4.78, 5) is 12.5. The van der Waals surface area contributed by atoms with Crippen LogP contribution in [0.25, 0.3) is 0 Å². The van der Waals surface area contributed by atoms with Crippen molar-refractivity contribution in [1.82, 2.24) is 5.32 Å². The Balaban J connectivity index is 2.33. The minimum Gasteiger partial charge on any atom is -0.496 e. The monoisotopic (exact) mass is 265 g/mol. The van der Waals surface area contributed by atoms with E-state index >= 15 is 0 Å². The van der Waals surface area contributed by atoms with Crippen LogP contribution in [0.2, 0.25) is 0 Å². The molecule has 1 unspecified atom stereocenters. The normalized spacial score (nSPS) is 19.0. The van der Waals surface area contributed by atoms with Crippen LogP contribution in [0.15, 0.2) is 12.1 Å². The van der Waals surface area contributed by atoms with E-state index in [1.54, 1.807) is 20.3 Å². The van der Waals surface area contributed by atoms with Gasteiger partial charge < -0.3 is 19.5 Å². The lowest BCUT2D eigenvalue weighted by Crippen LogP contribution is -2.43. The molecule has 1 aromatic carbocycles. The third kappa shape index (κ3) is 2.88. The molecule has 5 heteroatoms. The maximum atomic E-state index is 12.5. The second-order valence-electron chi connectivity index (χ2n) is 4.45. The Bertz CT molecular complexity index is 467. The SMILES string of the molecule is COc1cc(C(=O)C2CNCCO2)c(OC)cc1C. The van der Waals surface area contributed by atoms with Crippen LogP contribution in [0, 0.1) is 6.92 Å². The number of methoxy groups -OCH3 is 2. The summed E-state index contributed by atoms with van der Waals surface area (Å²) in [6, 6.07) is 3.52. The van der Waals surface area contributed by atoms with Gasteiger partial charge in [-0.05, 0) is 24.6 Å². The molecule has 0 saturated carbocycles. The topological polar surface area (TPSA) is 56.8 Å². The molecule has 1 saturated heterocycles. The molecule has 19 heavy (non-hydrogen) atoms. The zero-order valence-corrected chi connectivity index (χ0v) is 11.5. The molecule has 2 rings (SSSR count). The number of benzene rings is 1. The summed E-state index contributed by atoms with van der Waals surface area (Å²) in [6.07, 6.45) is -0.463. The molecule has 1 fully saturated rings. The molecule has 1 aromatic rings. The van der Waals surface area contributed by atoms with Crippen molar-refractivity contribution >= 4 is 5.78 Å². The first kappa shape index (κ1) is 13.8. The van der Waals surface area contributed by atoms with Crippen LogP contribution in [0.5, 0.6) is 11.5 Å². The molecule has 1 heterocycles. The highest BCUT2D eigenvalue weighted by atomic mass is 16.5. The molecule has 0 radical (unpaired) electrons. The van der Waals surface area contributed by atoms with Crippen molar-refractivity contribution in [2.75, 3.05) is 33.9 Å². The third-order valence-electron chi connectivity index (χ3n) is 3.20. The van der Waals surface area contributed by atoms with Gasteiger partial charge in [0.15, 0.2) is 5.78 Å². The molecule has 1 aliphatic rings. The molecule has 0 bridgehead atoms. The highest BCUT2D eigenvalue weighted by Gasteiger charge is 2.26. The molecule has 5 nitrogen and oxygen atoms in total. The van der Waals surface area contributed by atoms with Crippen molar-refractivity contribution in [2.45, 2.75) is 13.0 Å². The van der Waals surface area contributed by atoms with Gasteiger partial charge in [-0.2, -0.15) is 0 Å². The molecule has 1 aliphatic heterocycles. The van der Waals surface area contributed by atoms with Crippen LogP contribution >= 0.6 is 0 Å². The number of Topliss-reactive ketones (excluding diaryl/α,β-unsaturated/α-hetero) is 1. The zero-order chi connectivity index (χ0) is 13.8. The minimum absolute atomic E-state index is 0.0812. The van der Waals surface area contributed by atoms with Gasteiger partial charge in [-0.15, -0.1) is 0 Å². The van der Waals surface area contributed by atoms with Crippen LogP contribution < -0.4 is 14.8 Å². The lowest BCUT2D eigenvalue weighted by Gasteiger charge is -2.23. The molecule has 0 aromatic heterocycles. The summed E-state index contributed by atoms with van der Waals surface area (Å²) in [6.45, 7) is 3.76. The summed E-state index contributed by atoms with van der Waals surface area (Å²) in [7, 11) is 3.14. The third-order valence-corrected chi connectivity index (χ3v) is 3.20. The second-order valence-corrected chi connectivity index (χ2v) is 4.45. The first-order valence-corrected chi connectivity index (χ1v) is 6.26. The molecule has 104 valence electrons. The standard InChI is InChI=1S/C14H19NO4/c1-9-6-12(18-3)10(7-11(9)17-2)14(16)13-8-15-4-5-19-13/h6-7,13,15H,4-5,8H2,1-3H3. The molecular formula is C14H19NO4. The van der Waals surface area contributed by atoms with Gasteiger partial charge in [0.1, 0.15) is 17.6 Å². The summed E-state index contributed by atoms with van der Waals surface area (Å²) < 4.78 is 16.0. The number of ether oxygens (including phenoxy) is 3. The summed E-state index contributed by atoms with van der Waals surface area (Å²) in [5.41, 5.74) is 1.43. The van der Waals surface area contributed by atoms with E-state index in [2.05, 4.69) is 5.32 Å². The first-order chi connectivity index (χ1) is 9.17. The minimum atomic E-state index is -0.463. The molecule has 1 atom stereocenters. The van der Waals surface area contributed by atoms with E-state index in [-0.39, 0.29) is 5.78 Å². The molecule has 0 aliphatic carbocycles. The van der Waals surface area contributed by atoms with E-state index in [1.807, 2.05) is 13.0 Å². The zero-order valence-electron chi connectivity index (χ0n) is 11.5. The van der Waals surface area contributed by atoms with Crippen LogP contribution in [0.1, 0.15) is 15.9 Å². The fourth-order valence-corrected chi connectivity index (χ4v) is 2.15. The van der Waals surface area contributed by atoms with Crippen molar-refractivity contribution < 1.29 is 19.0 Å². The number of morpholine rings is 1. The van der Waals surface area contributed by atoms with Crippen LogP contribution in [0.3, 0.4) is 0 Å². The van der Waals surface area contributed by atoms with Crippen molar-refractivity contribution in [3.8, 4) is 11.5 Å². The number of carbonyl (C=O) groups is 1. The van der Waals surface area contributed by atoms with E-state index in [0.29, 0.717) is 30.2 Å². The van der Waals surface area contributed by atoms with Crippen molar-refractivity contribution in [3.63, 3.8) is 0 Å². The van der Waals surface area contributed by atoms with Gasteiger partial charge in [-0.1, -0.05) is 0 Å². The number of hydrogen-bond acceptors (Lipinski definition) is 5. The summed E-state index contributed by atoms with van der Waals surface area (Å²) in [5.74, 6) is 1.15. The van der Waals surface area contributed by atoms with Gasteiger partial charge in [0.05, 0.1) is 26.4 Å². The first-order valence-electron chi connectivity index (χ1n) is 6.26. The van der Waals surface area contributed by atoms with E-state index in [1.165, 1.54) is 0 Å². The Morgan fingerprint density at radius 3 is 2.63 bits per heavy atom. The average Bonchev–Trinajstić information content (AvgIpc) is 2.47. The maximum Gasteiger partial charge on any atom is 0.196 e. The van der Waals surface area contributed by atoms with E-state index in [4.69, 9.17) is 14.2 Å². The van der Waals surface area contributed by atoms with Crippen molar-refractivity contribution in [1.29, 1.82) is 0 Å². The smallest absolute Gasteiger partial charge is 0.196 e. The molecule has 0 spiro atoms. The van der Waals surface area contributed by atoms with Gasteiger partial charge >= 0.3 is 0 Å². The van der Waals surface area contributed by atoms with E-state index in [0.717, 1.165) is 12.1 Å². The number of rotatable bonds is 4.